The molecule has 2 aliphatic rings. The lowest BCUT2D eigenvalue weighted by Crippen LogP contribution is -2.88. The summed E-state index contributed by atoms with van der Waals surface area (Å²) in [4.78, 5) is -3.12. The van der Waals surface area contributed by atoms with Gasteiger partial charge >= 0.3 is 0 Å². The Hall–Kier alpha value is -5.22. The van der Waals surface area contributed by atoms with Crippen LogP contribution in [-0.4, -0.2) is 126 Å². The zero-order valence-electron chi connectivity index (χ0n) is 40.4. The van der Waals surface area contributed by atoms with Gasteiger partial charge in [-0.05, 0) is 33.4 Å². The lowest BCUT2D eigenvalue weighted by atomic mass is 9.57. The molecule has 0 radical (unpaired) electrons. The highest BCUT2D eigenvalue weighted by atomic mass is 32.2. The van der Waals surface area contributed by atoms with Gasteiger partial charge < -0.3 is 49.2 Å². The van der Waals surface area contributed by atoms with E-state index in [1.165, 1.54) is 0 Å². The van der Waals surface area contributed by atoms with Gasteiger partial charge in [0.2, 0.25) is 4.93 Å². The maximum Gasteiger partial charge on any atom is 0.266 e. The Labute approximate surface area is 426 Å². The standard InChI is InChI=1S/C56H62O15S2/c1-72(62,63)56(71-73(2,64)65,36-43-27-15-6-16-28-43)55(35-42-25-13-5-14-26-42)54(34-41-23-11-4-12-24-41,67-39-45-31-19-8-20-32-45)53(33-40-21-9-3-10-22-40,66-38-44-29-17-7-18-30-44)50(61)52(70-55)69-51-49(60)48(59)47(58)46(37-57)68-51/h3-32,46-52,57-61H,33-39H2,1-2H3/t46-,47-,48+,49-,50+,51-,52+,53-,54+,55+,56?/m1/s1. The summed E-state index contributed by atoms with van der Waals surface area (Å²) in [5, 5.41) is 57.9. The monoisotopic (exact) mass is 1040 g/mol. The SMILES string of the molecule is CS(=O)(=O)OC(Cc1ccccc1)([C@@]1(Cc2ccccc2)O[C@H](O[C@H]2O[C@H](CO)[C@@H](O)[C@H](O)[C@H]2O)[C@H](O)[C@@](Cc2ccccc2)(OCc2ccccc2)[C@]1(Cc1ccccc1)OCc1ccccc1)S(C)(=O)=O. The first-order valence-corrected chi connectivity index (χ1v) is 27.6. The second-order valence-corrected chi connectivity index (χ2v) is 22.6. The molecule has 388 valence electrons. The minimum absolute atomic E-state index is 0.276. The molecule has 6 aromatic rings. The van der Waals surface area contributed by atoms with Crippen LogP contribution in [0.5, 0.6) is 0 Å². The summed E-state index contributed by atoms with van der Waals surface area (Å²) in [5.41, 5.74) is -4.70. The topological polar surface area (TPSA) is 225 Å². The Morgan fingerprint density at radius 1 is 0.521 bits per heavy atom. The number of aliphatic hydroxyl groups is 5. The number of ether oxygens (including phenoxy) is 5. The molecule has 1 unspecified atom stereocenters. The van der Waals surface area contributed by atoms with Crippen molar-refractivity contribution in [2.45, 2.75) is 104 Å². The molecule has 0 aromatic heterocycles. The molecular formula is C56H62O15S2. The van der Waals surface area contributed by atoms with Gasteiger partial charge in [-0.25, -0.2) is 12.6 Å². The molecule has 0 spiro atoms. The molecule has 5 N–H and O–H groups in total. The fourth-order valence-electron chi connectivity index (χ4n) is 10.4. The summed E-state index contributed by atoms with van der Waals surface area (Å²) in [6, 6.07) is 52.7. The molecule has 0 saturated carbocycles. The molecule has 0 bridgehead atoms. The van der Waals surface area contributed by atoms with Crippen molar-refractivity contribution in [2.75, 3.05) is 19.1 Å². The highest BCUT2D eigenvalue weighted by molar-refractivity contribution is 7.93. The third-order valence-electron chi connectivity index (χ3n) is 13.9. The van der Waals surface area contributed by atoms with Crippen LogP contribution in [-0.2, 0) is 86.7 Å². The van der Waals surface area contributed by atoms with Gasteiger partial charge in [-0.15, -0.1) is 0 Å². The van der Waals surface area contributed by atoms with Crippen LogP contribution in [0.15, 0.2) is 182 Å². The quantitative estimate of drug-likeness (QED) is 0.0608. The Morgan fingerprint density at radius 2 is 0.945 bits per heavy atom. The van der Waals surface area contributed by atoms with Crippen LogP contribution in [0.4, 0.5) is 0 Å². The number of benzene rings is 6. The van der Waals surface area contributed by atoms with Crippen molar-refractivity contribution in [3.63, 3.8) is 0 Å². The average molecular weight is 1040 g/mol. The van der Waals surface area contributed by atoms with E-state index < -0.39 is 104 Å². The fourth-order valence-corrected chi connectivity index (χ4v) is 13.3. The van der Waals surface area contributed by atoms with Crippen LogP contribution in [0.2, 0.25) is 0 Å². The first-order valence-electron chi connectivity index (χ1n) is 23.9. The smallest absolute Gasteiger partial charge is 0.266 e. The van der Waals surface area contributed by atoms with Gasteiger partial charge in [0, 0.05) is 31.9 Å². The molecule has 6 aromatic carbocycles. The summed E-state index contributed by atoms with van der Waals surface area (Å²) in [5.74, 6) is 0. The van der Waals surface area contributed by atoms with Crippen molar-refractivity contribution in [2.24, 2.45) is 0 Å². The van der Waals surface area contributed by atoms with Crippen LogP contribution < -0.4 is 0 Å². The van der Waals surface area contributed by atoms with Crippen LogP contribution >= 0.6 is 0 Å². The van der Waals surface area contributed by atoms with E-state index >= 15 is 8.42 Å². The van der Waals surface area contributed by atoms with E-state index in [9.17, 15) is 34.0 Å². The van der Waals surface area contributed by atoms with Gasteiger partial charge in [-0.2, -0.15) is 8.42 Å². The number of aliphatic hydroxyl groups excluding tert-OH is 5. The lowest BCUT2D eigenvalue weighted by Gasteiger charge is -2.68. The van der Waals surface area contributed by atoms with Crippen LogP contribution in [0.3, 0.4) is 0 Å². The van der Waals surface area contributed by atoms with E-state index in [0.717, 1.165) is 12.5 Å². The normalized spacial score (nSPS) is 28.5. The van der Waals surface area contributed by atoms with E-state index in [4.69, 9.17) is 27.9 Å². The zero-order valence-corrected chi connectivity index (χ0v) is 42.1. The minimum atomic E-state index is -5.07. The van der Waals surface area contributed by atoms with Gasteiger partial charge in [0.25, 0.3) is 10.1 Å². The largest absolute Gasteiger partial charge is 0.394 e. The first-order chi connectivity index (χ1) is 35.0. The van der Waals surface area contributed by atoms with Gasteiger partial charge in [0.1, 0.15) is 41.7 Å². The first kappa shape index (κ1) is 54.1. The molecule has 2 saturated heterocycles. The fraction of sp³-hybridized carbons (Fsp3) is 0.357. The molecule has 11 atom stereocenters. The third-order valence-corrected chi connectivity index (χ3v) is 16.3. The van der Waals surface area contributed by atoms with Crippen LogP contribution in [0.1, 0.15) is 33.4 Å². The molecular weight excluding hydrogens is 977 g/mol. The molecule has 0 amide bonds. The molecule has 17 heteroatoms. The van der Waals surface area contributed by atoms with E-state index in [1.54, 1.807) is 170 Å². The Bertz CT molecular complexity index is 2910. The highest BCUT2D eigenvalue weighted by Crippen LogP contribution is 2.61. The van der Waals surface area contributed by atoms with Crippen molar-refractivity contribution in [3.05, 3.63) is 215 Å². The Morgan fingerprint density at radius 3 is 1.40 bits per heavy atom. The lowest BCUT2D eigenvalue weighted by molar-refractivity contribution is -0.450. The number of hydrogen-bond donors (Lipinski definition) is 5. The molecule has 2 aliphatic heterocycles. The van der Waals surface area contributed by atoms with Gasteiger partial charge in [0.05, 0.1) is 26.1 Å². The Balaban J connectivity index is 1.59. The summed E-state index contributed by atoms with van der Waals surface area (Å²) < 4.78 is 102. The second kappa shape index (κ2) is 22.7. The maximum atomic E-state index is 16.0. The highest BCUT2D eigenvalue weighted by Gasteiger charge is 2.82. The molecule has 15 nitrogen and oxygen atoms in total. The Kier molecular flexibility index (Phi) is 16.8. The van der Waals surface area contributed by atoms with Gasteiger partial charge in [0.15, 0.2) is 28.0 Å². The summed E-state index contributed by atoms with van der Waals surface area (Å²) in [7, 11) is -9.98. The second-order valence-electron chi connectivity index (χ2n) is 18.8. The van der Waals surface area contributed by atoms with Crippen molar-refractivity contribution in [1.29, 1.82) is 0 Å². The van der Waals surface area contributed by atoms with Gasteiger partial charge in [-0.1, -0.05) is 182 Å². The van der Waals surface area contributed by atoms with Crippen LogP contribution in [0.25, 0.3) is 0 Å². The number of rotatable bonds is 21. The molecule has 2 fully saturated rings. The minimum Gasteiger partial charge on any atom is -0.394 e. The average Bonchev–Trinajstić information content (AvgIpc) is 3.38. The molecule has 8 rings (SSSR count). The molecule has 73 heavy (non-hydrogen) atoms. The predicted molar refractivity (Wildman–Crippen MR) is 270 cm³/mol. The number of hydrogen-bond acceptors (Lipinski definition) is 15. The van der Waals surface area contributed by atoms with E-state index in [-0.39, 0.29) is 26.1 Å². The van der Waals surface area contributed by atoms with Crippen molar-refractivity contribution in [3.8, 4) is 0 Å². The number of sulfone groups is 1. The van der Waals surface area contributed by atoms with Crippen LogP contribution in [0, 0.1) is 0 Å². The summed E-state index contributed by atoms with van der Waals surface area (Å²) in [6.45, 7) is -1.44. The van der Waals surface area contributed by atoms with Crippen molar-refractivity contribution < 1.29 is 70.2 Å². The maximum absolute atomic E-state index is 16.0. The van der Waals surface area contributed by atoms with Crippen molar-refractivity contribution >= 4 is 20.0 Å². The zero-order chi connectivity index (χ0) is 51.9. The predicted octanol–water partition coefficient (Wildman–Crippen LogP) is 4.86. The van der Waals surface area contributed by atoms with Gasteiger partial charge in [-0.3, -0.25) is 0 Å². The van der Waals surface area contributed by atoms with E-state index in [0.29, 0.717) is 33.4 Å². The van der Waals surface area contributed by atoms with E-state index in [2.05, 4.69) is 0 Å². The summed E-state index contributed by atoms with van der Waals surface area (Å²) >= 11 is 0. The molecule has 0 aliphatic carbocycles. The van der Waals surface area contributed by atoms with Crippen molar-refractivity contribution in [1.82, 2.24) is 0 Å². The molecule has 2 heterocycles. The third kappa shape index (κ3) is 11.3. The summed E-state index contributed by atoms with van der Waals surface area (Å²) in [6.07, 6.45) is -14.1. The van der Waals surface area contributed by atoms with E-state index in [1.807, 2.05) is 12.1 Å².